The molecule has 0 atom stereocenters. The number of nitrogens with zero attached hydrogens (tertiary/aromatic N) is 1. The van der Waals surface area contributed by atoms with Crippen molar-refractivity contribution in [3.05, 3.63) is 40.2 Å². The number of ether oxygens (including phenoxy) is 1. The van der Waals surface area contributed by atoms with Gasteiger partial charge in [0.1, 0.15) is 5.75 Å². The zero-order chi connectivity index (χ0) is 19.1. The topological polar surface area (TPSA) is 51.5 Å². The SMILES string of the molecule is CCCCOc1cc(C(F)(F)F)c2c(ccc(=O)n2C2CC(C)(O)C2)c1. The number of rotatable bonds is 5. The lowest BCUT2D eigenvalue weighted by Crippen LogP contribution is -2.45. The smallest absolute Gasteiger partial charge is 0.418 e. The largest absolute Gasteiger partial charge is 0.494 e. The fourth-order valence-corrected chi connectivity index (χ4v) is 3.51. The molecular weight excluding hydrogens is 347 g/mol. The summed E-state index contributed by atoms with van der Waals surface area (Å²) in [4.78, 5) is 12.3. The number of pyridine rings is 1. The standard InChI is InChI=1S/C19H22F3NO3/c1-3-4-7-26-14-8-12-5-6-16(24)23(13-10-18(2,25)11-13)17(12)15(9-14)19(20,21)22/h5-6,8-9,13,25H,3-4,7,10-11H2,1-2H3. The molecule has 1 saturated carbocycles. The first-order valence-electron chi connectivity index (χ1n) is 8.74. The van der Waals surface area contributed by atoms with Crippen LogP contribution >= 0.6 is 0 Å². The second kappa shape index (κ2) is 6.61. The first kappa shape index (κ1) is 18.8. The highest BCUT2D eigenvalue weighted by Crippen LogP contribution is 2.44. The molecule has 2 aromatic rings. The van der Waals surface area contributed by atoms with E-state index in [4.69, 9.17) is 4.74 Å². The molecule has 1 aliphatic carbocycles. The number of aromatic nitrogens is 1. The Bertz CT molecular complexity index is 863. The van der Waals surface area contributed by atoms with Gasteiger partial charge >= 0.3 is 6.18 Å². The average molecular weight is 369 g/mol. The van der Waals surface area contributed by atoms with Crippen LogP contribution in [0.1, 0.15) is 51.1 Å². The molecule has 0 radical (unpaired) electrons. The van der Waals surface area contributed by atoms with E-state index in [1.807, 2.05) is 6.92 Å². The minimum absolute atomic E-state index is 0.143. The fraction of sp³-hybridized carbons (Fsp3) is 0.526. The van der Waals surface area contributed by atoms with E-state index in [1.165, 1.54) is 22.8 Å². The number of alkyl halides is 3. The molecule has 1 N–H and O–H groups in total. The van der Waals surface area contributed by atoms with Crippen LogP contribution in [0.4, 0.5) is 13.2 Å². The van der Waals surface area contributed by atoms with Crippen molar-refractivity contribution >= 4 is 10.9 Å². The van der Waals surface area contributed by atoms with Crippen molar-refractivity contribution in [2.24, 2.45) is 0 Å². The van der Waals surface area contributed by atoms with Crippen LogP contribution in [0.2, 0.25) is 0 Å². The van der Waals surface area contributed by atoms with Crippen molar-refractivity contribution in [3.8, 4) is 5.75 Å². The van der Waals surface area contributed by atoms with Crippen LogP contribution in [0.5, 0.6) is 5.75 Å². The molecule has 0 saturated heterocycles. The summed E-state index contributed by atoms with van der Waals surface area (Å²) in [5, 5.41) is 10.2. The van der Waals surface area contributed by atoms with E-state index in [9.17, 15) is 23.1 Å². The molecule has 4 nitrogen and oxygen atoms in total. The van der Waals surface area contributed by atoms with Crippen LogP contribution in [-0.4, -0.2) is 21.9 Å². The summed E-state index contributed by atoms with van der Waals surface area (Å²) in [6.45, 7) is 3.92. The third-order valence-electron chi connectivity index (χ3n) is 4.78. The number of hydrogen-bond acceptors (Lipinski definition) is 3. The Hall–Kier alpha value is -2.02. The van der Waals surface area contributed by atoms with Crippen molar-refractivity contribution in [2.75, 3.05) is 6.61 Å². The highest BCUT2D eigenvalue weighted by atomic mass is 19.4. The first-order valence-corrected chi connectivity index (χ1v) is 8.74. The number of aliphatic hydroxyl groups is 1. The Kier molecular flexibility index (Phi) is 4.77. The van der Waals surface area contributed by atoms with Crippen molar-refractivity contribution in [2.45, 2.75) is 57.3 Å². The number of hydrogen-bond donors (Lipinski definition) is 1. The van der Waals surface area contributed by atoms with E-state index in [2.05, 4.69) is 0 Å². The van der Waals surface area contributed by atoms with Gasteiger partial charge < -0.3 is 14.4 Å². The highest BCUT2D eigenvalue weighted by molar-refractivity contribution is 5.84. The third-order valence-corrected chi connectivity index (χ3v) is 4.78. The Balaban J connectivity index is 2.16. The molecule has 0 unspecified atom stereocenters. The molecule has 0 amide bonds. The van der Waals surface area contributed by atoms with E-state index in [1.54, 1.807) is 6.92 Å². The van der Waals surface area contributed by atoms with Crippen molar-refractivity contribution in [3.63, 3.8) is 0 Å². The predicted molar refractivity (Wildman–Crippen MR) is 92.5 cm³/mol. The first-order chi connectivity index (χ1) is 12.1. The van der Waals surface area contributed by atoms with Gasteiger partial charge in [-0.2, -0.15) is 13.2 Å². The van der Waals surface area contributed by atoms with Crippen LogP contribution in [0.3, 0.4) is 0 Å². The molecule has 26 heavy (non-hydrogen) atoms. The lowest BCUT2D eigenvalue weighted by atomic mass is 9.77. The molecule has 1 fully saturated rings. The third kappa shape index (κ3) is 3.58. The second-order valence-corrected chi connectivity index (χ2v) is 7.21. The second-order valence-electron chi connectivity index (χ2n) is 7.21. The van der Waals surface area contributed by atoms with Crippen molar-refractivity contribution in [1.82, 2.24) is 4.57 Å². The van der Waals surface area contributed by atoms with Crippen molar-refractivity contribution in [1.29, 1.82) is 0 Å². The monoisotopic (exact) mass is 369 g/mol. The predicted octanol–water partition coefficient (Wildman–Crippen LogP) is 4.29. The van der Waals surface area contributed by atoms with Gasteiger partial charge in [-0.1, -0.05) is 13.3 Å². The Labute approximate surface area is 149 Å². The molecule has 0 spiro atoms. The van der Waals surface area contributed by atoms with Gasteiger partial charge in [0.2, 0.25) is 0 Å². The van der Waals surface area contributed by atoms with Gasteiger partial charge in [0.25, 0.3) is 5.56 Å². The van der Waals surface area contributed by atoms with Gasteiger partial charge in [0, 0.05) is 17.5 Å². The molecule has 1 aromatic heterocycles. The van der Waals surface area contributed by atoms with Gasteiger partial charge in [-0.05, 0) is 44.4 Å². The molecule has 0 aliphatic heterocycles. The average Bonchev–Trinajstić information content (AvgIpc) is 2.51. The van der Waals surface area contributed by atoms with E-state index >= 15 is 0 Å². The molecular formula is C19H22F3NO3. The summed E-state index contributed by atoms with van der Waals surface area (Å²) < 4.78 is 47.8. The molecule has 0 bridgehead atoms. The normalized spacial score (nSPS) is 23.1. The number of halogens is 3. The maximum Gasteiger partial charge on any atom is 0.418 e. The van der Waals surface area contributed by atoms with E-state index in [0.29, 0.717) is 12.0 Å². The van der Waals surface area contributed by atoms with Crippen LogP contribution < -0.4 is 10.3 Å². The fourth-order valence-electron chi connectivity index (χ4n) is 3.51. The van der Waals surface area contributed by atoms with Gasteiger partial charge in [-0.15, -0.1) is 0 Å². The molecule has 7 heteroatoms. The molecule has 142 valence electrons. The molecule has 3 rings (SSSR count). The van der Waals surface area contributed by atoms with Crippen molar-refractivity contribution < 1.29 is 23.0 Å². The number of fused-ring (bicyclic) bond motifs is 1. The summed E-state index contributed by atoms with van der Waals surface area (Å²) in [5.41, 5.74) is -2.48. The van der Waals surface area contributed by atoms with Crippen LogP contribution in [0, 0.1) is 0 Å². The minimum atomic E-state index is -4.62. The van der Waals surface area contributed by atoms with Gasteiger partial charge in [0.05, 0.1) is 23.3 Å². The number of benzene rings is 1. The summed E-state index contributed by atoms with van der Waals surface area (Å²) in [7, 11) is 0. The molecule has 1 aromatic carbocycles. The van der Waals surface area contributed by atoms with E-state index < -0.39 is 28.9 Å². The quantitative estimate of drug-likeness (QED) is 0.800. The summed E-state index contributed by atoms with van der Waals surface area (Å²) in [6, 6.07) is 4.71. The Morgan fingerprint density at radius 2 is 2.00 bits per heavy atom. The summed E-state index contributed by atoms with van der Waals surface area (Å²) in [6.07, 6.45) is -2.50. The molecule has 1 aliphatic rings. The van der Waals surface area contributed by atoms with E-state index in [0.717, 1.165) is 18.9 Å². The molecule has 1 heterocycles. The van der Waals surface area contributed by atoms with Crippen LogP contribution in [0.25, 0.3) is 10.9 Å². The maximum absolute atomic E-state index is 13.7. The summed E-state index contributed by atoms with van der Waals surface area (Å²) >= 11 is 0. The van der Waals surface area contributed by atoms with E-state index in [-0.39, 0.29) is 24.1 Å². The maximum atomic E-state index is 13.7. The zero-order valence-corrected chi connectivity index (χ0v) is 14.8. The number of unbranched alkanes of at least 4 members (excludes halogenated alkanes) is 1. The van der Waals surface area contributed by atoms with Gasteiger partial charge in [0.15, 0.2) is 0 Å². The zero-order valence-electron chi connectivity index (χ0n) is 14.8. The minimum Gasteiger partial charge on any atom is -0.494 e. The van der Waals surface area contributed by atoms with Crippen LogP contribution in [0.15, 0.2) is 29.1 Å². The highest BCUT2D eigenvalue weighted by Gasteiger charge is 2.42. The summed E-state index contributed by atoms with van der Waals surface area (Å²) in [5.74, 6) is 0.143. The lowest BCUT2D eigenvalue weighted by Gasteiger charge is -2.42. The van der Waals surface area contributed by atoms with Gasteiger partial charge in [-0.25, -0.2) is 0 Å². The Morgan fingerprint density at radius 1 is 1.31 bits per heavy atom. The van der Waals surface area contributed by atoms with Gasteiger partial charge in [-0.3, -0.25) is 4.79 Å². The lowest BCUT2D eigenvalue weighted by molar-refractivity contribution is -0.136. The Morgan fingerprint density at radius 3 is 2.58 bits per heavy atom. The van der Waals surface area contributed by atoms with Crippen LogP contribution in [-0.2, 0) is 6.18 Å².